The van der Waals surface area contributed by atoms with Crippen molar-refractivity contribution in [2.75, 3.05) is 12.3 Å². The van der Waals surface area contributed by atoms with E-state index in [4.69, 9.17) is 17.3 Å². The molecule has 1 aliphatic rings. The maximum Gasteiger partial charge on any atom is 0.0426 e. The summed E-state index contributed by atoms with van der Waals surface area (Å²) in [6.45, 7) is 6.67. The Kier molecular flexibility index (Phi) is 5.12. The van der Waals surface area contributed by atoms with Gasteiger partial charge in [0.05, 0.1) is 0 Å². The third kappa shape index (κ3) is 4.12. The minimum Gasteiger partial charge on any atom is -0.398 e. The second kappa shape index (κ2) is 6.62. The summed E-state index contributed by atoms with van der Waals surface area (Å²) < 4.78 is 0. The van der Waals surface area contributed by atoms with Crippen LogP contribution in [-0.2, 0) is 6.54 Å². The summed E-state index contributed by atoms with van der Waals surface area (Å²) in [7, 11) is 0. The van der Waals surface area contributed by atoms with Gasteiger partial charge in [-0.05, 0) is 36.5 Å². The van der Waals surface area contributed by atoms with Crippen LogP contribution in [0.1, 0.15) is 45.1 Å². The van der Waals surface area contributed by atoms with Crippen LogP contribution in [0.5, 0.6) is 0 Å². The molecule has 0 unspecified atom stereocenters. The van der Waals surface area contributed by atoms with Crippen molar-refractivity contribution in [2.45, 2.75) is 52.1 Å². The summed E-state index contributed by atoms with van der Waals surface area (Å²) in [4.78, 5) is 2.61. The highest BCUT2D eigenvalue weighted by molar-refractivity contribution is 6.30. The lowest BCUT2D eigenvalue weighted by atomic mass is 10.1. The Balaban J connectivity index is 2.09. The van der Waals surface area contributed by atoms with E-state index in [1.165, 1.54) is 31.2 Å². The lowest BCUT2D eigenvalue weighted by Crippen LogP contribution is -2.35. The number of halogens is 1. The zero-order valence-electron chi connectivity index (χ0n) is 12.0. The Morgan fingerprint density at radius 3 is 2.58 bits per heavy atom. The largest absolute Gasteiger partial charge is 0.398 e. The third-order valence-corrected chi connectivity index (χ3v) is 4.16. The summed E-state index contributed by atoms with van der Waals surface area (Å²) in [5.41, 5.74) is 8.11. The van der Waals surface area contributed by atoms with Crippen LogP contribution in [0.2, 0.25) is 5.02 Å². The van der Waals surface area contributed by atoms with Crippen LogP contribution in [0.15, 0.2) is 18.2 Å². The van der Waals surface area contributed by atoms with Gasteiger partial charge in [-0.1, -0.05) is 44.4 Å². The van der Waals surface area contributed by atoms with Gasteiger partial charge in [-0.25, -0.2) is 0 Å². The van der Waals surface area contributed by atoms with Gasteiger partial charge >= 0.3 is 0 Å². The van der Waals surface area contributed by atoms with Crippen LogP contribution >= 0.6 is 11.6 Å². The molecule has 0 spiro atoms. The van der Waals surface area contributed by atoms with Gasteiger partial charge in [0.15, 0.2) is 0 Å². The highest BCUT2D eigenvalue weighted by Gasteiger charge is 2.23. The van der Waals surface area contributed by atoms with Crippen molar-refractivity contribution in [2.24, 2.45) is 5.92 Å². The van der Waals surface area contributed by atoms with E-state index in [0.717, 1.165) is 29.8 Å². The number of nitrogens with zero attached hydrogens (tertiary/aromatic N) is 1. The van der Waals surface area contributed by atoms with Crippen LogP contribution in [0.25, 0.3) is 0 Å². The first-order valence-electron chi connectivity index (χ1n) is 7.34. The molecule has 1 saturated carbocycles. The minimum atomic E-state index is 0.689. The molecule has 1 aromatic rings. The molecule has 1 fully saturated rings. The maximum absolute atomic E-state index is 6.09. The summed E-state index contributed by atoms with van der Waals surface area (Å²) in [6.07, 6.45) is 5.41. The Morgan fingerprint density at radius 2 is 2.00 bits per heavy atom. The van der Waals surface area contributed by atoms with Gasteiger partial charge in [0, 0.05) is 29.8 Å². The smallest absolute Gasteiger partial charge is 0.0426 e. The number of rotatable bonds is 5. The molecule has 19 heavy (non-hydrogen) atoms. The number of benzene rings is 1. The van der Waals surface area contributed by atoms with Crippen molar-refractivity contribution in [1.29, 1.82) is 0 Å². The van der Waals surface area contributed by atoms with Gasteiger partial charge in [-0.3, -0.25) is 4.90 Å². The van der Waals surface area contributed by atoms with Crippen LogP contribution in [0, 0.1) is 5.92 Å². The molecule has 2 nitrogen and oxygen atoms in total. The molecule has 106 valence electrons. The topological polar surface area (TPSA) is 29.3 Å². The quantitative estimate of drug-likeness (QED) is 0.814. The van der Waals surface area contributed by atoms with Crippen molar-refractivity contribution in [3.8, 4) is 0 Å². The molecule has 3 heteroatoms. The molecule has 0 bridgehead atoms. The normalized spacial score (nSPS) is 16.7. The fourth-order valence-electron chi connectivity index (χ4n) is 3.01. The number of hydrogen-bond acceptors (Lipinski definition) is 2. The molecular formula is C16H25ClN2. The average molecular weight is 281 g/mol. The minimum absolute atomic E-state index is 0.689. The maximum atomic E-state index is 6.09. The van der Waals surface area contributed by atoms with Gasteiger partial charge in [-0.15, -0.1) is 0 Å². The van der Waals surface area contributed by atoms with Crippen LogP contribution in [0.3, 0.4) is 0 Å². The fraction of sp³-hybridized carbons (Fsp3) is 0.625. The number of anilines is 1. The molecule has 0 heterocycles. The lowest BCUT2D eigenvalue weighted by Gasteiger charge is -2.31. The van der Waals surface area contributed by atoms with E-state index in [1.54, 1.807) is 0 Å². The van der Waals surface area contributed by atoms with Gasteiger partial charge in [0.1, 0.15) is 0 Å². The molecule has 1 aliphatic carbocycles. The van der Waals surface area contributed by atoms with Crippen LogP contribution in [0.4, 0.5) is 5.69 Å². The highest BCUT2D eigenvalue weighted by atomic mass is 35.5. The first-order valence-corrected chi connectivity index (χ1v) is 7.72. The lowest BCUT2D eigenvalue weighted by molar-refractivity contribution is 0.169. The van der Waals surface area contributed by atoms with E-state index in [1.807, 2.05) is 12.1 Å². The molecule has 1 aromatic carbocycles. The summed E-state index contributed by atoms with van der Waals surface area (Å²) in [5.74, 6) is 0.689. The highest BCUT2D eigenvalue weighted by Crippen LogP contribution is 2.27. The van der Waals surface area contributed by atoms with Crippen LogP contribution in [-0.4, -0.2) is 17.5 Å². The molecule has 0 saturated heterocycles. The van der Waals surface area contributed by atoms with E-state index in [-0.39, 0.29) is 0 Å². The molecule has 0 amide bonds. The second-order valence-corrected chi connectivity index (χ2v) is 6.54. The van der Waals surface area contributed by atoms with Crippen molar-refractivity contribution in [1.82, 2.24) is 4.90 Å². The van der Waals surface area contributed by atoms with Gasteiger partial charge < -0.3 is 5.73 Å². The summed E-state index contributed by atoms with van der Waals surface area (Å²) in [6, 6.07) is 6.60. The molecular weight excluding hydrogens is 256 g/mol. The van der Waals surface area contributed by atoms with Gasteiger partial charge in [-0.2, -0.15) is 0 Å². The molecule has 0 aromatic heterocycles. The number of nitrogen functional groups attached to an aromatic ring is 1. The molecule has 0 aliphatic heterocycles. The monoisotopic (exact) mass is 280 g/mol. The Hall–Kier alpha value is -0.730. The number of nitrogens with two attached hydrogens (primary N) is 1. The summed E-state index contributed by atoms with van der Waals surface area (Å²) in [5, 5.41) is 0.720. The molecule has 0 atom stereocenters. The summed E-state index contributed by atoms with van der Waals surface area (Å²) >= 11 is 5.97. The molecule has 2 N–H and O–H groups in total. The molecule has 0 radical (unpaired) electrons. The Morgan fingerprint density at radius 1 is 1.32 bits per heavy atom. The zero-order valence-corrected chi connectivity index (χ0v) is 12.8. The van der Waals surface area contributed by atoms with E-state index in [9.17, 15) is 0 Å². The van der Waals surface area contributed by atoms with E-state index >= 15 is 0 Å². The first kappa shape index (κ1) is 14.7. The standard InChI is InChI=1S/C16H25ClN2/c1-12(2)10-19(15-5-3-4-6-15)11-13-7-8-14(17)9-16(13)18/h7-9,12,15H,3-6,10-11,18H2,1-2H3. The Bertz CT molecular complexity index is 411. The van der Waals surface area contributed by atoms with Crippen molar-refractivity contribution >= 4 is 17.3 Å². The van der Waals surface area contributed by atoms with E-state index in [0.29, 0.717) is 5.92 Å². The second-order valence-electron chi connectivity index (χ2n) is 6.10. The van der Waals surface area contributed by atoms with Crippen molar-refractivity contribution in [3.05, 3.63) is 28.8 Å². The molecule has 2 rings (SSSR count). The zero-order chi connectivity index (χ0) is 13.8. The number of hydrogen-bond donors (Lipinski definition) is 1. The van der Waals surface area contributed by atoms with E-state index in [2.05, 4.69) is 24.8 Å². The third-order valence-electron chi connectivity index (χ3n) is 3.92. The predicted molar refractivity (Wildman–Crippen MR) is 83.4 cm³/mol. The fourth-order valence-corrected chi connectivity index (χ4v) is 3.19. The predicted octanol–water partition coefficient (Wildman–Crippen LogP) is 4.32. The van der Waals surface area contributed by atoms with Crippen molar-refractivity contribution < 1.29 is 0 Å². The Labute approximate surface area is 121 Å². The van der Waals surface area contributed by atoms with Crippen LogP contribution < -0.4 is 5.73 Å². The first-order chi connectivity index (χ1) is 9.06. The SMILES string of the molecule is CC(C)CN(Cc1ccc(Cl)cc1N)C1CCCC1. The van der Waals surface area contributed by atoms with Gasteiger partial charge in [0.25, 0.3) is 0 Å². The van der Waals surface area contributed by atoms with Crippen molar-refractivity contribution in [3.63, 3.8) is 0 Å². The van der Waals surface area contributed by atoms with Gasteiger partial charge in [0.2, 0.25) is 0 Å². The van der Waals surface area contributed by atoms with E-state index < -0.39 is 0 Å². The average Bonchev–Trinajstić information content (AvgIpc) is 2.84.